The zero-order valence-electron chi connectivity index (χ0n) is 12.5. The third-order valence-electron chi connectivity index (χ3n) is 4.43. The summed E-state index contributed by atoms with van der Waals surface area (Å²) in [5.74, 6) is 1.75. The summed E-state index contributed by atoms with van der Waals surface area (Å²) in [6, 6.07) is 5.17. The molecule has 3 atom stereocenters. The van der Waals surface area contributed by atoms with E-state index >= 15 is 0 Å². The molecule has 1 aromatic carbocycles. The molecule has 0 radical (unpaired) electrons. The van der Waals surface area contributed by atoms with Crippen LogP contribution in [0.3, 0.4) is 0 Å². The molecule has 0 amide bonds. The Hall–Kier alpha value is -0.410. The molecule has 1 saturated carbocycles. The van der Waals surface area contributed by atoms with Crippen LogP contribution in [0.5, 0.6) is 0 Å². The lowest BCUT2D eigenvalue weighted by Crippen LogP contribution is -2.34. The van der Waals surface area contributed by atoms with Crippen molar-refractivity contribution in [3.63, 3.8) is 0 Å². The summed E-state index contributed by atoms with van der Waals surface area (Å²) in [5, 5.41) is 0. The molecule has 0 heterocycles. The minimum absolute atomic E-state index is 0.190. The van der Waals surface area contributed by atoms with E-state index in [1.54, 1.807) is 6.07 Å². The number of ether oxygens (including phenoxy) is 1. The summed E-state index contributed by atoms with van der Waals surface area (Å²) in [4.78, 5) is 0. The number of rotatable bonds is 4. The average Bonchev–Trinajstić information content (AvgIpc) is 2.37. The van der Waals surface area contributed by atoms with Gasteiger partial charge in [0, 0.05) is 10.0 Å². The highest BCUT2D eigenvalue weighted by Gasteiger charge is 2.31. The van der Waals surface area contributed by atoms with Crippen molar-refractivity contribution in [2.75, 3.05) is 0 Å². The van der Waals surface area contributed by atoms with Crippen LogP contribution in [0.4, 0.5) is 4.39 Å². The first kappa shape index (κ1) is 16.0. The third kappa shape index (κ3) is 4.05. The molecule has 1 aliphatic carbocycles. The Kier molecular flexibility index (Phi) is 5.62. The van der Waals surface area contributed by atoms with Gasteiger partial charge in [-0.1, -0.05) is 49.2 Å². The average molecular weight is 343 g/mol. The van der Waals surface area contributed by atoms with Gasteiger partial charge in [0.05, 0.1) is 12.7 Å². The lowest BCUT2D eigenvalue weighted by Gasteiger charge is -2.37. The van der Waals surface area contributed by atoms with Crippen LogP contribution >= 0.6 is 15.9 Å². The Morgan fingerprint density at radius 3 is 2.75 bits per heavy atom. The van der Waals surface area contributed by atoms with Crippen molar-refractivity contribution >= 4 is 15.9 Å². The Morgan fingerprint density at radius 2 is 2.10 bits per heavy atom. The van der Waals surface area contributed by atoms with Gasteiger partial charge in [-0.25, -0.2) is 4.39 Å². The minimum atomic E-state index is -0.190. The molecular formula is C17H24BrFO. The van der Waals surface area contributed by atoms with Gasteiger partial charge in [0.2, 0.25) is 0 Å². The lowest BCUT2D eigenvalue weighted by molar-refractivity contribution is -0.0480. The fourth-order valence-corrected chi connectivity index (χ4v) is 3.48. The smallest absolute Gasteiger partial charge is 0.129 e. The maximum Gasteiger partial charge on any atom is 0.129 e. The minimum Gasteiger partial charge on any atom is -0.373 e. The van der Waals surface area contributed by atoms with E-state index in [1.807, 2.05) is 6.07 Å². The molecule has 3 unspecified atom stereocenters. The van der Waals surface area contributed by atoms with E-state index in [0.29, 0.717) is 29.9 Å². The fourth-order valence-electron chi connectivity index (χ4n) is 3.14. The van der Waals surface area contributed by atoms with Gasteiger partial charge < -0.3 is 4.74 Å². The van der Waals surface area contributed by atoms with Gasteiger partial charge in [0.1, 0.15) is 5.82 Å². The molecule has 1 fully saturated rings. The van der Waals surface area contributed by atoms with Gasteiger partial charge in [-0.2, -0.15) is 0 Å². The quantitative estimate of drug-likeness (QED) is 0.695. The SMILES string of the molecule is CC1CCC(C(C)C)C(OCc2ccc(Br)cc2F)C1. The van der Waals surface area contributed by atoms with Crippen LogP contribution in [-0.4, -0.2) is 6.10 Å². The maximum atomic E-state index is 13.8. The van der Waals surface area contributed by atoms with E-state index in [2.05, 4.69) is 36.7 Å². The summed E-state index contributed by atoms with van der Waals surface area (Å²) in [7, 11) is 0. The molecule has 1 aromatic rings. The Balaban J connectivity index is 2.00. The molecule has 20 heavy (non-hydrogen) atoms. The molecule has 0 aromatic heterocycles. The van der Waals surface area contributed by atoms with Gasteiger partial charge in [-0.15, -0.1) is 0 Å². The van der Waals surface area contributed by atoms with Crippen molar-refractivity contribution in [1.29, 1.82) is 0 Å². The number of halogens is 2. The number of benzene rings is 1. The van der Waals surface area contributed by atoms with E-state index in [-0.39, 0.29) is 11.9 Å². The largest absolute Gasteiger partial charge is 0.373 e. The molecule has 0 spiro atoms. The third-order valence-corrected chi connectivity index (χ3v) is 4.92. The van der Waals surface area contributed by atoms with E-state index in [0.717, 1.165) is 10.9 Å². The van der Waals surface area contributed by atoms with Crippen molar-refractivity contribution in [3.8, 4) is 0 Å². The summed E-state index contributed by atoms with van der Waals surface area (Å²) in [6.07, 6.45) is 3.88. The molecular weight excluding hydrogens is 319 g/mol. The van der Waals surface area contributed by atoms with Gasteiger partial charge >= 0.3 is 0 Å². The maximum absolute atomic E-state index is 13.8. The molecule has 0 N–H and O–H groups in total. The second-order valence-electron chi connectivity index (χ2n) is 6.41. The predicted molar refractivity (Wildman–Crippen MR) is 84.0 cm³/mol. The molecule has 1 aliphatic rings. The first-order valence-corrected chi connectivity index (χ1v) is 8.32. The van der Waals surface area contributed by atoms with Crippen LogP contribution in [0.2, 0.25) is 0 Å². The Labute approximate surface area is 130 Å². The second-order valence-corrected chi connectivity index (χ2v) is 7.33. The van der Waals surface area contributed by atoms with Gasteiger partial charge in [0.15, 0.2) is 0 Å². The fraction of sp³-hybridized carbons (Fsp3) is 0.647. The number of hydrogen-bond donors (Lipinski definition) is 0. The summed E-state index contributed by atoms with van der Waals surface area (Å²) >= 11 is 3.28. The molecule has 0 saturated heterocycles. The predicted octanol–water partition coefficient (Wildman–Crippen LogP) is 5.57. The lowest BCUT2D eigenvalue weighted by atomic mass is 9.75. The molecule has 0 bridgehead atoms. The molecule has 112 valence electrons. The van der Waals surface area contributed by atoms with Crippen LogP contribution in [0.1, 0.15) is 45.6 Å². The summed E-state index contributed by atoms with van der Waals surface area (Å²) in [6.45, 7) is 7.18. The highest BCUT2D eigenvalue weighted by Crippen LogP contribution is 2.35. The highest BCUT2D eigenvalue weighted by molar-refractivity contribution is 9.10. The van der Waals surface area contributed by atoms with E-state index < -0.39 is 0 Å². The standard InChI is InChI=1S/C17H24BrFO/c1-11(2)15-7-4-12(3)8-17(15)20-10-13-5-6-14(18)9-16(13)19/h5-6,9,11-12,15,17H,4,7-8,10H2,1-3H3. The van der Waals surface area contributed by atoms with Crippen molar-refractivity contribution in [1.82, 2.24) is 0 Å². The van der Waals surface area contributed by atoms with Crippen LogP contribution in [0.25, 0.3) is 0 Å². The first-order chi connectivity index (χ1) is 9.47. The van der Waals surface area contributed by atoms with Gasteiger partial charge in [-0.05, 0) is 42.7 Å². The Morgan fingerprint density at radius 1 is 1.35 bits per heavy atom. The van der Waals surface area contributed by atoms with Crippen LogP contribution in [0.15, 0.2) is 22.7 Å². The second kappa shape index (κ2) is 7.04. The van der Waals surface area contributed by atoms with Crippen molar-refractivity contribution in [3.05, 3.63) is 34.1 Å². The van der Waals surface area contributed by atoms with E-state index in [4.69, 9.17) is 4.74 Å². The van der Waals surface area contributed by atoms with E-state index in [9.17, 15) is 4.39 Å². The van der Waals surface area contributed by atoms with Crippen LogP contribution in [0, 0.1) is 23.6 Å². The van der Waals surface area contributed by atoms with E-state index in [1.165, 1.54) is 18.9 Å². The van der Waals surface area contributed by atoms with Crippen molar-refractivity contribution in [2.24, 2.45) is 17.8 Å². The zero-order chi connectivity index (χ0) is 14.7. The van der Waals surface area contributed by atoms with Crippen LogP contribution < -0.4 is 0 Å². The topological polar surface area (TPSA) is 9.23 Å². The molecule has 0 aliphatic heterocycles. The highest BCUT2D eigenvalue weighted by atomic mass is 79.9. The van der Waals surface area contributed by atoms with Crippen LogP contribution in [-0.2, 0) is 11.3 Å². The number of hydrogen-bond acceptors (Lipinski definition) is 1. The zero-order valence-corrected chi connectivity index (χ0v) is 14.1. The Bertz CT molecular complexity index is 447. The van der Waals surface area contributed by atoms with Gasteiger partial charge in [-0.3, -0.25) is 0 Å². The molecule has 3 heteroatoms. The van der Waals surface area contributed by atoms with Gasteiger partial charge in [0.25, 0.3) is 0 Å². The van der Waals surface area contributed by atoms with Crippen molar-refractivity contribution in [2.45, 2.75) is 52.7 Å². The molecule has 1 nitrogen and oxygen atoms in total. The molecule has 2 rings (SSSR count). The van der Waals surface area contributed by atoms with Crippen molar-refractivity contribution < 1.29 is 9.13 Å². The summed E-state index contributed by atoms with van der Waals surface area (Å²) in [5.41, 5.74) is 0.647. The monoisotopic (exact) mass is 342 g/mol. The normalized spacial score (nSPS) is 27.0. The first-order valence-electron chi connectivity index (χ1n) is 7.53. The summed E-state index contributed by atoms with van der Waals surface area (Å²) < 4.78 is 20.7.